The van der Waals surface area contributed by atoms with Gasteiger partial charge in [0, 0.05) is 24.7 Å². The second-order valence-corrected chi connectivity index (χ2v) is 5.55. The summed E-state index contributed by atoms with van der Waals surface area (Å²) >= 11 is 0. The molecule has 23 heavy (non-hydrogen) atoms. The first-order chi connectivity index (χ1) is 11.2. The molecule has 6 heteroatoms. The fourth-order valence-electron chi connectivity index (χ4n) is 3.02. The maximum Gasteiger partial charge on any atom is 0.236 e. The average molecular weight is 307 g/mol. The van der Waals surface area contributed by atoms with E-state index in [2.05, 4.69) is 14.6 Å². The van der Waals surface area contributed by atoms with Crippen LogP contribution in [0.25, 0.3) is 16.8 Å². The highest BCUT2D eigenvalue weighted by atomic mass is 16.5. The number of imidazole rings is 1. The molecular formula is C17H17N5O. The Kier molecular flexibility index (Phi) is 2.97. The van der Waals surface area contributed by atoms with E-state index < -0.39 is 0 Å². The summed E-state index contributed by atoms with van der Waals surface area (Å²) in [7, 11) is 3.66. The van der Waals surface area contributed by atoms with Crippen molar-refractivity contribution < 1.29 is 4.74 Å². The number of nitrogens with zero attached hydrogens (tertiary/aromatic N) is 4. The van der Waals surface area contributed by atoms with Gasteiger partial charge >= 0.3 is 0 Å². The Morgan fingerprint density at radius 1 is 1.09 bits per heavy atom. The van der Waals surface area contributed by atoms with Crippen molar-refractivity contribution in [3.8, 4) is 5.75 Å². The largest absolute Gasteiger partial charge is 0.496 e. The van der Waals surface area contributed by atoms with E-state index in [0.29, 0.717) is 6.42 Å². The lowest BCUT2D eigenvalue weighted by molar-refractivity contribution is 0.410. The van der Waals surface area contributed by atoms with Crippen LogP contribution < -0.4 is 10.5 Å². The number of rotatable bonds is 3. The third-order valence-electron chi connectivity index (χ3n) is 4.16. The molecule has 6 nitrogen and oxygen atoms in total. The Labute approximate surface area is 133 Å². The highest BCUT2D eigenvalue weighted by molar-refractivity contribution is 5.83. The SMILES string of the molecule is COc1ccccc1Cc1nnc2n(C)c3ccc(N)cc3n12. The zero-order valence-electron chi connectivity index (χ0n) is 13.0. The highest BCUT2D eigenvalue weighted by Crippen LogP contribution is 2.25. The second kappa shape index (κ2) is 5.01. The standard InChI is InChI=1S/C17H17N5O/c1-21-13-8-7-12(18)10-14(13)22-16(19-20-17(21)22)9-11-5-3-4-6-15(11)23-2/h3-8,10H,9,18H2,1-2H3. The summed E-state index contributed by atoms with van der Waals surface area (Å²) < 4.78 is 9.51. The van der Waals surface area contributed by atoms with Gasteiger partial charge in [-0.2, -0.15) is 0 Å². The minimum atomic E-state index is 0.638. The molecule has 0 saturated heterocycles. The molecular weight excluding hydrogens is 290 g/mol. The van der Waals surface area contributed by atoms with Gasteiger partial charge in [-0.15, -0.1) is 10.2 Å². The fraction of sp³-hybridized carbons (Fsp3) is 0.176. The first kappa shape index (κ1) is 13.6. The molecule has 0 amide bonds. The lowest BCUT2D eigenvalue weighted by atomic mass is 10.1. The first-order valence-corrected chi connectivity index (χ1v) is 7.39. The number of aryl methyl sites for hydroxylation is 1. The van der Waals surface area contributed by atoms with Gasteiger partial charge in [-0.05, 0) is 24.3 Å². The number of fused-ring (bicyclic) bond motifs is 3. The van der Waals surface area contributed by atoms with Gasteiger partial charge in [0.05, 0.1) is 18.1 Å². The van der Waals surface area contributed by atoms with Crippen LogP contribution in [-0.4, -0.2) is 26.3 Å². The Bertz CT molecular complexity index is 1010. The Hall–Kier alpha value is -3.02. The van der Waals surface area contributed by atoms with Crippen LogP contribution in [0.2, 0.25) is 0 Å². The van der Waals surface area contributed by atoms with Crippen molar-refractivity contribution in [2.75, 3.05) is 12.8 Å². The number of hydrogen-bond acceptors (Lipinski definition) is 4. The molecule has 0 fully saturated rings. The number of para-hydroxylation sites is 1. The van der Waals surface area contributed by atoms with Gasteiger partial charge in [-0.25, -0.2) is 0 Å². The van der Waals surface area contributed by atoms with Crippen LogP contribution >= 0.6 is 0 Å². The van der Waals surface area contributed by atoms with E-state index in [0.717, 1.165) is 39.6 Å². The highest BCUT2D eigenvalue weighted by Gasteiger charge is 2.16. The lowest BCUT2D eigenvalue weighted by Gasteiger charge is -2.06. The minimum Gasteiger partial charge on any atom is -0.496 e. The van der Waals surface area contributed by atoms with Crippen molar-refractivity contribution in [3.63, 3.8) is 0 Å². The maximum absolute atomic E-state index is 5.96. The van der Waals surface area contributed by atoms with E-state index in [4.69, 9.17) is 10.5 Å². The Balaban J connectivity index is 1.92. The third-order valence-corrected chi connectivity index (χ3v) is 4.16. The van der Waals surface area contributed by atoms with E-state index in [1.807, 2.05) is 54.1 Å². The lowest BCUT2D eigenvalue weighted by Crippen LogP contribution is -1.98. The summed E-state index contributed by atoms with van der Waals surface area (Å²) in [6.07, 6.45) is 0.638. The van der Waals surface area contributed by atoms with Crippen LogP contribution in [0, 0.1) is 0 Å². The van der Waals surface area contributed by atoms with Gasteiger partial charge in [0.15, 0.2) is 0 Å². The van der Waals surface area contributed by atoms with Gasteiger partial charge < -0.3 is 15.0 Å². The van der Waals surface area contributed by atoms with Gasteiger partial charge in [-0.1, -0.05) is 18.2 Å². The van der Waals surface area contributed by atoms with Crippen LogP contribution in [0.4, 0.5) is 5.69 Å². The fourth-order valence-corrected chi connectivity index (χ4v) is 3.02. The van der Waals surface area contributed by atoms with Crippen molar-refractivity contribution >= 4 is 22.5 Å². The van der Waals surface area contributed by atoms with Crippen molar-refractivity contribution in [1.82, 2.24) is 19.2 Å². The van der Waals surface area contributed by atoms with Gasteiger partial charge in [0.2, 0.25) is 5.78 Å². The molecule has 2 N–H and O–H groups in total. The molecule has 2 heterocycles. The quantitative estimate of drug-likeness (QED) is 0.590. The second-order valence-electron chi connectivity index (χ2n) is 5.55. The van der Waals surface area contributed by atoms with Crippen molar-refractivity contribution in [2.45, 2.75) is 6.42 Å². The van der Waals surface area contributed by atoms with Crippen LogP contribution in [0.1, 0.15) is 11.4 Å². The molecule has 116 valence electrons. The van der Waals surface area contributed by atoms with E-state index >= 15 is 0 Å². The van der Waals surface area contributed by atoms with Crippen molar-refractivity contribution in [3.05, 3.63) is 53.9 Å². The van der Waals surface area contributed by atoms with E-state index in [1.165, 1.54) is 0 Å². The summed E-state index contributed by atoms with van der Waals surface area (Å²) in [4.78, 5) is 0. The van der Waals surface area contributed by atoms with E-state index in [-0.39, 0.29) is 0 Å². The number of anilines is 1. The number of hydrogen-bond donors (Lipinski definition) is 1. The molecule has 2 aromatic carbocycles. The van der Waals surface area contributed by atoms with Crippen molar-refractivity contribution in [2.24, 2.45) is 7.05 Å². The third kappa shape index (κ3) is 2.03. The topological polar surface area (TPSA) is 70.4 Å². The number of benzene rings is 2. The van der Waals surface area contributed by atoms with Gasteiger partial charge in [-0.3, -0.25) is 4.40 Å². The van der Waals surface area contributed by atoms with E-state index in [9.17, 15) is 0 Å². The van der Waals surface area contributed by atoms with Gasteiger partial charge in [0.25, 0.3) is 0 Å². The van der Waals surface area contributed by atoms with E-state index in [1.54, 1.807) is 7.11 Å². The predicted octanol–water partition coefficient (Wildman–Crippen LogP) is 2.40. The normalized spacial score (nSPS) is 11.4. The average Bonchev–Trinajstić information content (AvgIpc) is 3.09. The molecule has 0 unspecified atom stereocenters. The summed E-state index contributed by atoms with van der Waals surface area (Å²) in [5.41, 5.74) is 9.84. The summed E-state index contributed by atoms with van der Waals surface area (Å²) in [5.74, 6) is 2.51. The molecule has 2 aromatic heterocycles. The molecule has 0 bridgehead atoms. The van der Waals surface area contributed by atoms with Crippen LogP contribution in [0.15, 0.2) is 42.5 Å². The number of nitrogens with two attached hydrogens (primary N) is 1. The molecule has 4 aromatic rings. The monoisotopic (exact) mass is 307 g/mol. The Morgan fingerprint density at radius 2 is 1.91 bits per heavy atom. The number of ether oxygens (including phenoxy) is 1. The molecule has 4 rings (SSSR count). The first-order valence-electron chi connectivity index (χ1n) is 7.39. The molecule has 0 aliphatic heterocycles. The summed E-state index contributed by atoms with van der Waals surface area (Å²) in [6.45, 7) is 0. The van der Waals surface area contributed by atoms with Crippen LogP contribution in [-0.2, 0) is 13.5 Å². The molecule has 0 aliphatic carbocycles. The molecule has 0 atom stereocenters. The molecule has 0 aliphatic rings. The number of aromatic nitrogens is 4. The van der Waals surface area contributed by atoms with Crippen LogP contribution in [0.5, 0.6) is 5.75 Å². The summed E-state index contributed by atoms with van der Waals surface area (Å²) in [5, 5.41) is 8.69. The molecule has 0 saturated carbocycles. The zero-order valence-corrected chi connectivity index (χ0v) is 13.0. The Morgan fingerprint density at radius 3 is 2.74 bits per heavy atom. The number of nitrogen functional groups attached to an aromatic ring is 1. The summed E-state index contributed by atoms with van der Waals surface area (Å²) in [6, 6.07) is 13.8. The smallest absolute Gasteiger partial charge is 0.236 e. The molecule has 0 radical (unpaired) electrons. The van der Waals surface area contributed by atoms with Crippen LogP contribution in [0.3, 0.4) is 0 Å². The zero-order chi connectivity index (χ0) is 16.0. The minimum absolute atomic E-state index is 0.638. The number of methoxy groups -OCH3 is 1. The van der Waals surface area contributed by atoms with Crippen molar-refractivity contribution in [1.29, 1.82) is 0 Å². The maximum atomic E-state index is 5.96. The predicted molar refractivity (Wildman–Crippen MR) is 89.7 cm³/mol. The van der Waals surface area contributed by atoms with Gasteiger partial charge in [0.1, 0.15) is 11.6 Å². The molecule has 0 spiro atoms.